The van der Waals surface area contributed by atoms with Crippen LogP contribution >= 0.6 is 0 Å². The van der Waals surface area contributed by atoms with Crippen LogP contribution in [0.3, 0.4) is 0 Å². The molecule has 6 heteroatoms. The monoisotopic (exact) mass is 268 g/mol. The van der Waals surface area contributed by atoms with Crippen LogP contribution in [0.5, 0.6) is 0 Å². The third kappa shape index (κ3) is 6.97. The maximum Gasteiger partial charge on any atom is 0.351 e. The van der Waals surface area contributed by atoms with Crippen molar-refractivity contribution < 1.29 is 28.9 Å². The average Bonchev–Trinajstić information content (AvgIpc) is 2.39. The quantitative estimate of drug-likeness (QED) is 0.279. The van der Waals surface area contributed by atoms with E-state index in [0.29, 0.717) is 6.08 Å². The van der Waals surface area contributed by atoms with Crippen molar-refractivity contribution in [1.29, 1.82) is 0 Å². The van der Waals surface area contributed by atoms with Gasteiger partial charge < -0.3 is 19.3 Å². The summed E-state index contributed by atoms with van der Waals surface area (Å²) in [6.07, 6.45) is 5.35. The Morgan fingerprint density at radius 2 is 1.58 bits per heavy atom. The van der Waals surface area contributed by atoms with Crippen LogP contribution in [0.2, 0.25) is 0 Å². The molecule has 0 aromatic heterocycles. The molecule has 0 aliphatic carbocycles. The van der Waals surface area contributed by atoms with Gasteiger partial charge in [0.15, 0.2) is 0 Å². The molecule has 0 heterocycles. The van der Waals surface area contributed by atoms with E-state index in [1.54, 1.807) is 0 Å². The lowest BCUT2D eigenvalue weighted by atomic mass is 10.4. The highest BCUT2D eigenvalue weighted by atomic mass is 16.9. The SMILES string of the molecule is C=CCOC(C=C)(OCC=C)OC(=O)/C=C\C(=O)O. The van der Waals surface area contributed by atoms with E-state index in [1.165, 1.54) is 12.2 Å². The maximum atomic E-state index is 11.4. The Balaban J connectivity index is 4.84. The Hall–Kier alpha value is -2.18. The number of carbonyl (C=O) groups is 2. The molecular weight excluding hydrogens is 252 g/mol. The third-order valence-electron chi connectivity index (χ3n) is 1.66. The van der Waals surface area contributed by atoms with Gasteiger partial charge >= 0.3 is 17.9 Å². The molecule has 19 heavy (non-hydrogen) atoms. The number of carbonyl (C=O) groups excluding carboxylic acids is 1. The van der Waals surface area contributed by atoms with E-state index < -0.39 is 17.9 Å². The van der Waals surface area contributed by atoms with Crippen molar-refractivity contribution in [3.05, 3.63) is 50.1 Å². The second-order valence-electron chi connectivity index (χ2n) is 3.10. The second-order valence-corrected chi connectivity index (χ2v) is 3.10. The standard InChI is InChI=1S/C13H16O6/c1-4-9-17-13(6-3,18-10-5-2)19-12(16)8-7-11(14)15/h4-8H,1-3,9-10H2,(H,14,15)/b8-7-. The van der Waals surface area contributed by atoms with E-state index >= 15 is 0 Å². The van der Waals surface area contributed by atoms with Crippen LogP contribution in [0.15, 0.2) is 50.1 Å². The minimum atomic E-state index is -1.82. The predicted molar refractivity (Wildman–Crippen MR) is 68.1 cm³/mol. The van der Waals surface area contributed by atoms with Crippen molar-refractivity contribution >= 4 is 11.9 Å². The van der Waals surface area contributed by atoms with Gasteiger partial charge in [-0.25, -0.2) is 9.59 Å². The van der Waals surface area contributed by atoms with Gasteiger partial charge in [0.2, 0.25) is 0 Å². The van der Waals surface area contributed by atoms with Crippen molar-refractivity contribution in [1.82, 2.24) is 0 Å². The lowest BCUT2D eigenvalue weighted by molar-refractivity contribution is -0.323. The van der Waals surface area contributed by atoms with Gasteiger partial charge in [-0.05, 0) is 0 Å². The van der Waals surface area contributed by atoms with E-state index in [4.69, 9.17) is 19.3 Å². The number of esters is 1. The average molecular weight is 268 g/mol. The van der Waals surface area contributed by atoms with Gasteiger partial charge in [-0.3, -0.25) is 0 Å². The fourth-order valence-electron chi connectivity index (χ4n) is 0.924. The van der Waals surface area contributed by atoms with Crippen molar-refractivity contribution in [2.45, 2.75) is 5.97 Å². The first-order valence-electron chi connectivity index (χ1n) is 5.27. The molecule has 0 aromatic carbocycles. The van der Waals surface area contributed by atoms with Crippen LogP contribution in [0, 0.1) is 0 Å². The highest BCUT2D eigenvalue weighted by Gasteiger charge is 2.32. The molecule has 0 saturated carbocycles. The number of carboxylic acids is 1. The van der Waals surface area contributed by atoms with Crippen LogP contribution in [0.4, 0.5) is 0 Å². The Morgan fingerprint density at radius 1 is 1.05 bits per heavy atom. The van der Waals surface area contributed by atoms with Gasteiger partial charge in [-0.2, -0.15) is 0 Å². The first-order valence-corrected chi connectivity index (χ1v) is 5.27. The number of hydrogen-bond acceptors (Lipinski definition) is 5. The molecule has 104 valence electrons. The Labute approximate surface area is 111 Å². The summed E-state index contributed by atoms with van der Waals surface area (Å²) < 4.78 is 15.2. The van der Waals surface area contributed by atoms with Crippen LogP contribution in [-0.2, 0) is 23.8 Å². The predicted octanol–water partition coefficient (Wildman–Crippen LogP) is 1.42. The molecule has 0 spiro atoms. The Morgan fingerprint density at radius 3 is 1.95 bits per heavy atom. The molecule has 0 saturated heterocycles. The van der Waals surface area contributed by atoms with Gasteiger partial charge in [0.1, 0.15) is 0 Å². The first-order chi connectivity index (χ1) is 8.99. The number of rotatable bonds is 10. The number of hydrogen-bond donors (Lipinski definition) is 1. The van der Waals surface area contributed by atoms with E-state index in [-0.39, 0.29) is 13.2 Å². The molecule has 0 amide bonds. The van der Waals surface area contributed by atoms with Gasteiger partial charge in [0.25, 0.3) is 0 Å². The van der Waals surface area contributed by atoms with E-state index in [1.807, 2.05) is 0 Å². The zero-order valence-corrected chi connectivity index (χ0v) is 10.4. The fourth-order valence-corrected chi connectivity index (χ4v) is 0.924. The third-order valence-corrected chi connectivity index (χ3v) is 1.66. The molecule has 0 atom stereocenters. The van der Waals surface area contributed by atoms with Crippen LogP contribution in [-0.4, -0.2) is 36.2 Å². The largest absolute Gasteiger partial charge is 0.478 e. The summed E-state index contributed by atoms with van der Waals surface area (Å²) in [5, 5.41) is 8.40. The Bertz CT molecular complexity index is 371. The summed E-state index contributed by atoms with van der Waals surface area (Å²) in [6.45, 7) is 10.4. The molecule has 0 aliphatic heterocycles. The molecule has 0 unspecified atom stereocenters. The molecule has 0 bridgehead atoms. The molecule has 0 radical (unpaired) electrons. The van der Waals surface area contributed by atoms with Gasteiger partial charge in [-0.15, -0.1) is 13.2 Å². The fraction of sp³-hybridized carbons (Fsp3) is 0.231. The smallest absolute Gasteiger partial charge is 0.351 e. The molecule has 0 fully saturated rings. The van der Waals surface area contributed by atoms with Gasteiger partial charge in [-0.1, -0.05) is 18.7 Å². The number of aliphatic carboxylic acids is 1. The normalized spacial score (nSPS) is 10.9. The number of carboxylic acid groups (broad SMARTS) is 1. The molecular formula is C13H16O6. The lowest BCUT2D eigenvalue weighted by Crippen LogP contribution is -2.39. The molecule has 0 aliphatic rings. The minimum Gasteiger partial charge on any atom is -0.478 e. The summed E-state index contributed by atoms with van der Waals surface area (Å²) in [5.41, 5.74) is 0. The van der Waals surface area contributed by atoms with Gasteiger partial charge in [0, 0.05) is 18.2 Å². The number of ether oxygens (including phenoxy) is 3. The van der Waals surface area contributed by atoms with Crippen LogP contribution < -0.4 is 0 Å². The molecule has 6 nitrogen and oxygen atoms in total. The molecule has 0 rings (SSSR count). The summed E-state index contributed by atoms with van der Waals surface area (Å²) >= 11 is 0. The van der Waals surface area contributed by atoms with Crippen molar-refractivity contribution in [2.75, 3.05) is 13.2 Å². The first kappa shape index (κ1) is 16.8. The molecule has 1 N–H and O–H groups in total. The van der Waals surface area contributed by atoms with E-state index in [2.05, 4.69) is 19.7 Å². The van der Waals surface area contributed by atoms with Gasteiger partial charge in [0.05, 0.1) is 13.2 Å². The summed E-state index contributed by atoms with van der Waals surface area (Å²) in [6, 6.07) is 0. The highest BCUT2D eigenvalue weighted by Crippen LogP contribution is 2.18. The lowest BCUT2D eigenvalue weighted by Gasteiger charge is -2.28. The zero-order valence-electron chi connectivity index (χ0n) is 10.4. The minimum absolute atomic E-state index is 0.0408. The topological polar surface area (TPSA) is 82.1 Å². The van der Waals surface area contributed by atoms with Crippen molar-refractivity contribution in [3.8, 4) is 0 Å². The van der Waals surface area contributed by atoms with Crippen LogP contribution in [0.1, 0.15) is 0 Å². The summed E-state index contributed by atoms with van der Waals surface area (Å²) in [5.74, 6) is -4.04. The molecule has 0 aromatic rings. The van der Waals surface area contributed by atoms with E-state index in [0.717, 1.165) is 12.2 Å². The Kier molecular flexibility index (Phi) is 7.83. The summed E-state index contributed by atoms with van der Waals surface area (Å²) in [7, 11) is 0. The highest BCUT2D eigenvalue weighted by molar-refractivity contribution is 5.90. The van der Waals surface area contributed by atoms with E-state index in [9.17, 15) is 9.59 Å². The van der Waals surface area contributed by atoms with Crippen molar-refractivity contribution in [2.24, 2.45) is 0 Å². The van der Waals surface area contributed by atoms with Crippen LogP contribution in [0.25, 0.3) is 0 Å². The van der Waals surface area contributed by atoms with Crippen molar-refractivity contribution in [3.63, 3.8) is 0 Å². The summed E-state index contributed by atoms with van der Waals surface area (Å²) in [4.78, 5) is 21.7. The second kappa shape index (κ2) is 8.84. The maximum absolute atomic E-state index is 11.4. The zero-order chi connectivity index (χ0) is 14.7.